The fourth-order valence-electron chi connectivity index (χ4n) is 2.88. The van der Waals surface area contributed by atoms with Crippen molar-refractivity contribution in [3.63, 3.8) is 0 Å². The minimum absolute atomic E-state index is 0.0978. The number of anilines is 3. The van der Waals surface area contributed by atoms with Crippen LogP contribution in [0.3, 0.4) is 0 Å². The van der Waals surface area contributed by atoms with E-state index in [4.69, 9.17) is 16.0 Å². The van der Waals surface area contributed by atoms with E-state index in [0.29, 0.717) is 23.3 Å². The number of nitrogens with two attached hydrogens (primary N) is 1. The van der Waals surface area contributed by atoms with Gasteiger partial charge < -0.3 is 27.1 Å². The van der Waals surface area contributed by atoms with Crippen LogP contribution in [0, 0.1) is 5.41 Å². The van der Waals surface area contributed by atoms with Crippen molar-refractivity contribution >= 4 is 41.8 Å². The highest BCUT2D eigenvalue weighted by Crippen LogP contribution is 2.19. The Morgan fingerprint density at radius 2 is 1.91 bits per heavy atom. The zero-order valence-corrected chi connectivity index (χ0v) is 18.2. The lowest BCUT2D eigenvalue weighted by atomic mass is 10.0. The number of benzene rings is 2. The maximum absolute atomic E-state index is 11.5. The van der Waals surface area contributed by atoms with E-state index in [1.807, 2.05) is 50.3 Å². The van der Waals surface area contributed by atoms with E-state index in [2.05, 4.69) is 21.4 Å². The standard InChI is InChI=1S/C15H19N3O2.C8H9N3O/c1-10-11(2)16-15(19)17-13(10)9-8-12-6-4-5-7-14(12)18-20-3;9-4-6-3-7(11-5-12)1-2-8(6)10/h4-9,13,18H,1-3H3,(H2,16,17,19);1-5,9H,10H2,(H,11,12)/b9-8+;. The first-order chi connectivity index (χ1) is 15.4. The first-order valence-electron chi connectivity index (χ1n) is 9.80. The third kappa shape index (κ3) is 6.71. The Labute approximate surface area is 187 Å². The Kier molecular flexibility index (Phi) is 9.00. The van der Waals surface area contributed by atoms with Gasteiger partial charge in [0.1, 0.15) is 0 Å². The number of carbonyl (C=O) groups excluding carboxylic acids is 2. The Bertz CT molecular complexity index is 1030. The van der Waals surface area contributed by atoms with Crippen molar-refractivity contribution in [2.75, 3.05) is 23.6 Å². The van der Waals surface area contributed by atoms with Crippen molar-refractivity contribution in [1.82, 2.24) is 10.6 Å². The molecule has 3 rings (SSSR count). The zero-order valence-electron chi connectivity index (χ0n) is 18.2. The second-order valence-electron chi connectivity index (χ2n) is 6.89. The number of amides is 3. The van der Waals surface area contributed by atoms with Gasteiger partial charge in [-0.15, -0.1) is 0 Å². The van der Waals surface area contributed by atoms with Crippen LogP contribution in [0.5, 0.6) is 0 Å². The molecular formula is C23H28N6O3. The van der Waals surface area contributed by atoms with Crippen molar-refractivity contribution in [3.8, 4) is 0 Å². The molecule has 1 aliphatic rings. The smallest absolute Gasteiger partial charge is 0.319 e. The van der Waals surface area contributed by atoms with Crippen LogP contribution < -0.4 is 27.2 Å². The molecule has 0 aliphatic carbocycles. The number of para-hydroxylation sites is 1. The monoisotopic (exact) mass is 436 g/mol. The first-order valence-corrected chi connectivity index (χ1v) is 9.80. The van der Waals surface area contributed by atoms with Crippen molar-refractivity contribution in [2.24, 2.45) is 0 Å². The van der Waals surface area contributed by atoms with Crippen LogP contribution in [0.4, 0.5) is 21.9 Å². The summed E-state index contributed by atoms with van der Waals surface area (Å²) >= 11 is 0. The van der Waals surface area contributed by atoms with Crippen molar-refractivity contribution in [2.45, 2.75) is 19.9 Å². The molecule has 3 amide bonds. The molecule has 0 saturated carbocycles. The predicted octanol–water partition coefficient (Wildman–Crippen LogP) is 3.48. The normalized spacial score (nSPS) is 15.2. The molecule has 0 bridgehead atoms. The van der Waals surface area contributed by atoms with Gasteiger partial charge in [-0.05, 0) is 49.2 Å². The van der Waals surface area contributed by atoms with Gasteiger partial charge in [0.05, 0.1) is 18.8 Å². The lowest BCUT2D eigenvalue weighted by Crippen LogP contribution is -2.46. The van der Waals surface area contributed by atoms with E-state index >= 15 is 0 Å². The molecule has 2 aromatic rings. The van der Waals surface area contributed by atoms with E-state index in [-0.39, 0.29) is 12.1 Å². The molecular weight excluding hydrogens is 408 g/mol. The maximum Gasteiger partial charge on any atom is 0.319 e. The second-order valence-corrected chi connectivity index (χ2v) is 6.89. The molecule has 9 heteroatoms. The summed E-state index contributed by atoms with van der Waals surface area (Å²) in [5, 5.41) is 15.1. The second kappa shape index (κ2) is 11.9. The van der Waals surface area contributed by atoms with Gasteiger partial charge in [0.2, 0.25) is 6.41 Å². The molecule has 2 aromatic carbocycles. The Balaban J connectivity index is 0.000000258. The topological polar surface area (TPSA) is 141 Å². The molecule has 0 saturated heterocycles. The van der Waals surface area contributed by atoms with Crippen LogP contribution in [0.15, 0.2) is 59.8 Å². The number of carbonyl (C=O) groups is 2. The maximum atomic E-state index is 11.5. The van der Waals surface area contributed by atoms with Crippen LogP contribution in [-0.2, 0) is 9.63 Å². The van der Waals surface area contributed by atoms with Crippen LogP contribution in [0.25, 0.3) is 6.08 Å². The molecule has 1 unspecified atom stereocenters. The molecule has 1 heterocycles. The zero-order chi connectivity index (χ0) is 23.5. The van der Waals surface area contributed by atoms with E-state index in [9.17, 15) is 9.59 Å². The van der Waals surface area contributed by atoms with Gasteiger partial charge in [-0.3, -0.25) is 15.1 Å². The van der Waals surface area contributed by atoms with Gasteiger partial charge in [-0.2, -0.15) is 0 Å². The lowest BCUT2D eigenvalue weighted by molar-refractivity contribution is -0.105. The summed E-state index contributed by atoms with van der Waals surface area (Å²) in [7, 11) is 1.57. The summed E-state index contributed by atoms with van der Waals surface area (Å²) in [6.45, 7) is 3.89. The highest BCUT2D eigenvalue weighted by molar-refractivity contribution is 5.88. The summed E-state index contributed by atoms with van der Waals surface area (Å²) in [5.41, 5.74) is 14.0. The number of hydrogen-bond donors (Lipinski definition) is 6. The van der Waals surface area contributed by atoms with Crippen molar-refractivity contribution in [1.29, 1.82) is 5.41 Å². The molecule has 0 fully saturated rings. The van der Waals surface area contributed by atoms with Gasteiger partial charge in [0.15, 0.2) is 0 Å². The molecule has 1 atom stereocenters. The third-order valence-electron chi connectivity index (χ3n) is 4.75. The minimum atomic E-state index is -0.175. The van der Waals surface area contributed by atoms with Crippen LogP contribution in [0.2, 0.25) is 0 Å². The van der Waals surface area contributed by atoms with Gasteiger partial charge in [0, 0.05) is 28.8 Å². The fourth-order valence-corrected chi connectivity index (χ4v) is 2.88. The number of urea groups is 1. The van der Waals surface area contributed by atoms with E-state index in [1.54, 1.807) is 25.3 Å². The van der Waals surface area contributed by atoms with Crippen LogP contribution in [0.1, 0.15) is 25.0 Å². The first kappa shape index (κ1) is 24.2. The van der Waals surface area contributed by atoms with Gasteiger partial charge in [-0.1, -0.05) is 30.4 Å². The van der Waals surface area contributed by atoms with E-state index < -0.39 is 0 Å². The fraction of sp³-hybridized carbons (Fsp3) is 0.174. The summed E-state index contributed by atoms with van der Waals surface area (Å²) in [6, 6.07) is 12.5. The number of hydrogen-bond acceptors (Lipinski definition) is 6. The van der Waals surface area contributed by atoms with Crippen molar-refractivity contribution in [3.05, 3.63) is 70.9 Å². The SMILES string of the molecule is CONc1ccccc1/C=C/C1NC(=O)NC(C)=C1C.N=Cc1cc(NC=O)ccc1N. The van der Waals surface area contributed by atoms with Crippen molar-refractivity contribution < 1.29 is 14.4 Å². The van der Waals surface area contributed by atoms with E-state index in [0.717, 1.165) is 28.7 Å². The molecule has 1 aliphatic heterocycles. The predicted molar refractivity (Wildman–Crippen MR) is 128 cm³/mol. The molecule has 0 aromatic heterocycles. The molecule has 0 spiro atoms. The highest BCUT2D eigenvalue weighted by atomic mass is 16.6. The number of nitrogens with one attached hydrogen (secondary N) is 5. The summed E-state index contributed by atoms with van der Waals surface area (Å²) in [5.74, 6) is 0. The van der Waals surface area contributed by atoms with E-state index in [1.165, 1.54) is 0 Å². The van der Waals surface area contributed by atoms with Gasteiger partial charge >= 0.3 is 6.03 Å². The number of nitrogen functional groups attached to an aromatic ring is 1. The lowest BCUT2D eigenvalue weighted by Gasteiger charge is -2.24. The molecule has 9 nitrogen and oxygen atoms in total. The molecule has 168 valence electrons. The van der Waals surface area contributed by atoms with Gasteiger partial charge in [-0.25, -0.2) is 4.79 Å². The van der Waals surface area contributed by atoms with Crippen LogP contribution >= 0.6 is 0 Å². The van der Waals surface area contributed by atoms with Gasteiger partial charge in [0.25, 0.3) is 0 Å². The average Bonchev–Trinajstić information content (AvgIpc) is 2.78. The third-order valence-corrected chi connectivity index (χ3v) is 4.75. The molecule has 32 heavy (non-hydrogen) atoms. The Morgan fingerprint density at radius 1 is 1.16 bits per heavy atom. The molecule has 0 radical (unpaired) electrons. The average molecular weight is 437 g/mol. The minimum Gasteiger partial charge on any atom is -0.398 e. The summed E-state index contributed by atoms with van der Waals surface area (Å²) in [4.78, 5) is 26.5. The molecule has 7 N–H and O–H groups in total. The number of rotatable bonds is 7. The Hall–Kier alpha value is -4.11. The Morgan fingerprint density at radius 3 is 2.59 bits per heavy atom. The summed E-state index contributed by atoms with van der Waals surface area (Å²) in [6.07, 6.45) is 5.66. The quantitative estimate of drug-likeness (QED) is 0.171. The summed E-state index contributed by atoms with van der Waals surface area (Å²) < 4.78 is 0. The largest absolute Gasteiger partial charge is 0.398 e. The highest BCUT2D eigenvalue weighted by Gasteiger charge is 2.19. The van der Waals surface area contributed by atoms with Crippen LogP contribution in [-0.4, -0.2) is 31.8 Å². The number of allylic oxidation sites excluding steroid dienone is 1.